The number of amides is 1. The van der Waals surface area contributed by atoms with Crippen LogP contribution < -0.4 is 5.32 Å². The van der Waals surface area contributed by atoms with Crippen LogP contribution >= 0.6 is 11.6 Å². The molecule has 1 fully saturated rings. The molecule has 0 atom stereocenters. The van der Waals surface area contributed by atoms with E-state index in [1.807, 2.05) is 0 Å². The van der Waals surface area contributed by atoms with Gasteiger partial charge in [0.2, 0.25) is 0 Å². The van der Waals surface area contributed by atoms with Crippen LogP contribution in [-0.4, -0.2) is 17.6 Å². The third-order valence-corrected chi connectivity index (χ3v) is 5.30. The quantitative estimate of drug-likeness (QED) is 0.891. The second-order valence-corrected chi connectivity index (χ2v) is 6.78. The maximum Gasteiger partial charge on any atom is 0.251 e. The molecule has 0 heterocycles. The number of hydrogen-bond donors (Lipinski definition) is 2. The lowest BCUT2D eigenvalue weighted by Gasteiger charge is -2.07. The standard InChI is InChI=1S/C15H20ClNO2/c1-14(2)12(15(14,3)4)8-17-13(19)9-5-6-11(18)10(16)7-9/h5-7,12,18H,8H2,1-4H3,(H,17,19). The van der Waals surface area contributed by atoms with E-state index in [0.29, 0.717) is 18.0 Å². The predicted octanol–water partition coefficient (Wildman–Crippen LogP) is 3.46. The fourth-order valence-electron chi connectivity index (χ4n) is 2.79. The number of halogens is 1. The minimum Gasteiger partial charge on any atom is -0.506 e. The highest BCUT2D eigenvalue weighted by Gasteiger charge is 2.64. The van der Waals surface area contributed by atoms with Crippen LogP contribution in [0, 0.1) is 16.7 Å². The smallest absolute Gasteiger partial charge is 0.251 e. The molecule has 1 aromatic carbocycles. The first-order valence-corrected chi connectivity index (χ1v) is 6.82. The van der Waals surface area contributed by atoms with Crippen LogP contribution in [0.5, 0.6) is 5.75 Å². The number of carbonyl (C=O) groups is 1. The van der Waals surface area contributed by atoms with E-state index in [2.05, 4.69) is 33.0 Å². The molecule has 0 spiro atoms. The van der Waals surface area contributed by atoms with Crippen molar-refractivity contribution in [1.29, 1.82) is 0 Å². The van der Waals surface area contributed by atoms with Crippen LogP contribution in [-0.2, 0) is 0 Å². The number of aromatic hydroxyl groups is 1. The normalized spacial score (nSPS) is 20.1. The first kappa shape index (κ1) is 14.2. The Kier molecular flexibility index (Phi) is 3.29. The van der Waals surface area contributed by atoms with Crippen molar-refractivity contribution in [3.8, 4) is 5.75 Å². The second-order valence-electron chi connectivity index (χ2n) is 6.37. The Morgan fingerprint density at radius 3 is 2.37 bits per heavy atom. The van der Waals surface area contributed by atoms with Crippen LogP contribution in [0.4, 0.5) is 0 Å². The molecule has 1 aromatic rings. The second kappa shape index (κ2) is 4.41. The van der Waals surface area contributed by atoms with Crippen LogP contribution in [0.15, 0.2) is 18.2 Å². The Labute approximate surface area is 119 Å². The molecule has 1 aliphatic rings. The number of nitrogens with one attached hydrogen (secondary N) is 1. The summed E-state index contributed by atoms with van der Waals surface area (Å²) in [4.78, 5) is 12.0. The molecule has 0 unspecified atom stereocenters. The van der Waals surface area contributed by atoms with Crippen LogP contribution in [0.3, 0.4) is 0 Å². The molecule has 4 heteroatoms. The van der Waals surface area contributed by atoms with Gasteiger partial charge in [-0.1, -0.05) is 39.3 Å². The molecule has 1 saturated carbocycles. The summed E-state index contributed by atoms with van der Waals surface area (Å²) in [7, 11) is 0. The minimum atomic E-state index is -0.152. The first-order valence-electron chi connectivity index (χ1n) is 6.44. The molecule has 0 saturated heterocycles. The molecule has 3 nitrogen and oxygen atoms in total. The molecule has 1 aliphatic carbocycles. The van der Waals surface area contributed by atoms with Gasteiger partial charge in [-0.15, -0.1) is 0 Å². The summed E-state index contributed by atoms with van der Waals surface area (Å²) < 4.78 is 0. The Bertz CT molecular complexity index is 509. The van der Waals surface area contributed by atoms with E-state index in [1.165, 1.54) is 12.1 Å². The summed E-state index contributed by atoms with van der Waals surface area (Å²) in [5.74, 6) is 0.319. The lowest BCUT2D eigenvalue weighted by molar-refractivity contribution is 0.0950. The summed E-state index contributed by atoms with van der Waals surface area (Å²) in [6.07, 6.45) is 0. The molecule has 19 heavy (non-hydrogen) atoms. The summed E-state index contributed by atoms with van der Waals surface area (Å²) in [6, 6.07) is 4.48. The number of hydrogen-bond acceptors (Lipinski definition) is 2. The van der Waals surface area contributed by atoms with Gasteiger partial charge >= 0.3 is 0 Å². The fourth-order valence-corrected chi connectivity index (χ4v) is 2.97. The topological polar surface area (TPSA) is 49.3 Å². The van der Waals surface area contributed by atoms with Gasteiger partial charge in [-0.3, -0.25) is 4.79 Å². The number of phenols is 1. The van der Waals surface area contributed by atoms with Crippen LogP contribution in [0.1, 0.15) is 38.1 Å². The summed E-state index contributed by atoms with van der Waals surface area (Å²) in [6.45, 7) is 9.56. The lowest BCUT2D eigenvalue weighted by Crippen LogP contribution is -2.27. The Morgan fingerprint density at radius 2 is 1.89 bits per heavy atom. The van der Waals surface area contributed by atoms with Gasteiger partial charge in [-0.2, -0.15) is 0 Å². The number of benzene rings is 1. The molecule has 0 radical (unpaired) electrons. The average Bonchev–Trinajstić information content (AvgIpc) is 2.70. The van der Waals surface area contributed by atoms with Gasteiger partial charge in [-0.25, -0.2) is 0 Å². The van der Waals surface area contributed by atoms with E-state index >= 15 is 0 Å². The third-order valence-electron chi connectivity index (χ3n) is 5.00. The summed E-state index contributed by atoms with van der Waals surface area (Å²) in [5.41, 5.74) is 0.985. The van der Waals surface area contributed by atoms with Gasteiger partial charge in [0.15, 0.2) is 0 Å². The van der Waals surface area contributed by atoms with Crippen molar-refractivity contribution in [2.45, 2.75) is 27.7 Å². The summed E-state index contributed by atoms with van der Waals surface area (Å²) in [5, 5.41) is 12.5. The van der Waals surface area contributed by atoms with Gasteiger partial charge < -0.3 is 10.4 Å². The molecular weight excluding hydrogens is 262 g/mol. The number of phenolic OH excluding ortho intramolecular Hbond substituents is 1. The SMILES string of the molecule is CC1(C)C(CNC(=O)c2ccc(O)c(Cl)c2)C1(C)C. The number of rotatable bonds is 3. The van der Waals surface area contributed by atoms with E-state index in [1.54, 1.807) is 6.07 Å². The van der Waals surface area contributed by atoms with Crippen molar-refractivity contribution in [1.82, 2.24) is 5.32 Å². The van der Waals surface area contributed by atoms with Crippen molar-refractivity contribution in [2.24, 2.45) is 16.7 Å². The van der Waals surface area contributed by atoms with Gasteiger partial charge in [0.25, 0.3) is 5.91 Å². The average molecular weight is 282 g/mol. The van der Waals surface area contributed by atoms with E-state index in [9.17, 15) is 9.90 Å². The zero-order chi connectivity index (χ0) is 14.4. The van der Waals surface area contributed by atoms with Crippen molar-refractivity contribution >= 4 is 17.5 Å². The van der Waals surface area contributed by atoms with Crippen LogP contribution in [0.2, 0.25) is 5.02 Å². The maximum atomic E-state index is 12.0. The van der Waals surface area contributed by atoms with Gasteiger partial charge in [0.1, 0.15) is 5.75 Å². The number of carbonyl (C=O) groups excluding carboxylic acids is 1. The Morgan fingerprint density at radius 1 is 1.32 bits per heavy atom. The van der Waals surface area contributed by atoms with Gasteiger partial charge in [0.05, 0.1) is 5.02 Å². The third kappa shape index (κ3) is 2.32. The molecule has 0 aromatic heterocycles. The van der Waals surface area contributed by atoms with Crippen LogP contribution in [0.25, 0.3) is 0 Å². The summed E-state index contributed by atoms with van der Waals surface area (Å²) >= 11 is 5.79. The largest absolute Gasteiger partial charge is 0.506 e. The Balaban J connectivity index is 1.98. The van der Waals surface area contributed by atoms with Gasteiger partial charge in [0, 0.05) is 12.1 Å². The zero-order valence-corrected chi connectivity index (χ0v) is 12.5. The van der Waals surface area contributed by atoms with E-state index < -0.39 is 0 Å². The van der Waals surface area contributed by atoms with Crippen molar-refractivity contribution in [3.05, 3.63) is 28.8 Å². The molecule has 2 N–H and O–H groups in total. The molecule has 0 bridgehead atoms. The Hall–Kier alpha value is -1.22. The van der Waals surface area contributed by atoms with Crippen molar-refractivity contribution in [3.63, 3.8) is 0 Å². The van der Waals surface area contributed by atoms with E-state index in [0.717, 1.165) is 0 Å². The molecular formula is C15H20ClNO2. The fraction of sp³-hybridized carbons (Fsp3) is 0.533. The molecule has 1 amide bonds. The monoisotopic (exact) mass is 281 g/mol. The first-order chi connectivity index (χ1) is 8.68. The van der Waals surface area contributed by atoms with E-state index in [-0.39, 0.29) is 27.5 Å². The highest BCUT2D eigenvalue weighted by molar-refractivity contribution is 6.32. The zero-order valence-electron chi connectivity index (χ0n) is 11.7. The molecule has 2 rings (SSSR count). The highest BCUT2D eigenvalue weighted by atomic mass is 35.5. The minimum absolute atomic E-state index is 0.0114. The predicted molar refractivity (Wildman–Crippen MR) is 76.5 cm³/mol. The molecule has 104 valence electrons. The highest BCUT2D eigenvalue weighted by Crippen LogP contribution is 2.67. The van der Waals surface area contributed by atoms with E-state index in [4.69, 9.17) is 11.6 Å². The maximum absolute atomic E-state index is 12.0. The molecule has 0 aliphatic heterocycles. The van der Waals surface area contributed by atoms with Crippen molar-refractivity contribution < 1.29 is 9.90 Å². The van der Waals surface area contributed by atoms with Gasteiger partial charge in [-0.05, 0) is 34.9 Å². The van der Waals surface area contributed by atoms with Crippen molar-refractivity contribution in [2.75, 3.05) is 6.54 Å². The lowest BCUT2D eigenvalue weighted by atomic mass is 10.0.